The van der Waals surface area contributed by atoms with Crippen LogP contribution >= 0.6 is 0 Å². The molecule has 11 nitrogen and oxygen atoms in total. The number of aromatic amines is 3. The lowest BCUT2D eigenvalue weighted by Gasteiger charge is -2.11. The van der Waals surface area contributed by atoms with Crippen molar-refractivity contribution in [1.29, 1.82) is 0 Å². The molecular formula is C23H20N8O3. The fraction of sp³-hybridized carbons (Fsp3) is 0.0870. The molecule has 5 aromatic rings. The van der Waals surface area contributed by atoms with Crippen molar-refractivity contribution in [3.8, 4) is 23.0 Å². The number of hydrogen-bond acceptors (Lipinski definition) is 7. The van der Waals surface area contributed by atoms with Crippen molar-refractivity contribution in [2.45, 2.75) is 13.8 Å². The molecule has 0 unspecified atom stereocenters. The van der Waals surface area contributed by atoms with E-state index in [0.717, 1.165) is 11.3 Å². The minimum absolute atomic E-state index is 0.0921. The lowest BCUT2D eigenvalue weighted by Crippen LogP contribution is -2.05. The van der Waals surface area contributed by atoms with Crippen molar-refractivity contribution in [1.82, 2.24) is 30.4 Å². The van der Waals surface area contributed by atoms with E-state index in [0.29, 0.717) is 39.7 Å². The molecule has 0 aliphatic heterocycles. The highest BCUT2D eigenvalue weighted by molar-refractivity contribution is 5.89. The molecule has 2 aromatic carbocycles. The van der Waals surface area contributed by atoms with Crippen molar-refractivity contribution >= 4 is 34.1 Å². The molecule has 0 fully saturated rings. The van der Waals surface area contributed by atoms with Crippen LogP contribution in [0.5, 0.6) is 11.8 Å². The van der Waals surface area contributed by atoms with Crippen LogP contribution in [0.1, 0.15) is 12.6 Å². The highest BCUT2D eigenvalue weighted by Crippen LogP contribution is 2.28. The summed E-state index contributed by atoms with van der Waals surface area (Å²) in [6.45, 7) is 3.35. The summed E-state index contributed by atoms with van der Waals surface area (Å²) in [7, 11) is 0. The van der Waals surface area contributed by atoms with E-state index < -0.39 is 0 Å². The number of aromatic nitrogens is 6. The van der Waals surface area contributed by atoms with Gasteiger partial charge in [0.15, 0.2) is 5.82 Å². The largest absolute Gasteiger partial charge is 0.424 e. The molecule has 3 aromatic heterocycles. The summed E-state index contributed by atoms with van der Waals surface area (Å²) >= 11 is 0. The zero-order valence-electron chi connectivity index (χ0n) is 18.3. The Morgan fingerprint density at radius 2 is 1.88 bits per heavy atom. The van der Waals surface area contributed by atoms with E-state index in [4.69, 9.17) is 4.74 Å². The molecule has 11 heteroatoms. The predicted molar refractivity (Wildman–Crippen MR) is 127 cm³/mol. The maximum Gasteiger partial charge on any atom is 0.324 e. The lowest BCUT2D eigenvalue weighted by atomic mass is 10.1. The van der Waals surface area contributed by atoms with Crippen molar-refractivity contribution in [3.63, 3.8) is 0 Å². The minimum atomic E-state index is -0.209. The number of fused-ring (bicyclic) bond motifs is 1. The Morgan fingerprint density at radius 1 is 1.00 bits per heavy atom. The van der Waals surface area contributed by atoms with E-state index in [1.807, 2.05) is 31.2 Å². The van der Waals surface area contributed by atoms with Gasteiger partial charge in [-0.1, -0.05) is 12.1 Å². The summed E-state index contributed by atoms with van der Waals surface area (Å²) in [5.41, 5.74) is 3.26. The van der Waals surface area contributed by atoms with Crippen molar-refractivity contribution in [3.05, 3.63) is 70.6 Å². The SMILES string of the molecule is CC(=O)Nc1cccc(-c2cc(Nc3cc(C)[nH]n3)nc(Oc3ccc4c(=O)[nH][nH]c4c3)n2)c1. The fourth-order valence-electron chi connectivity index (χ4n) is 3.44. The van der Waals surface area contributed by atoms with Gasteiger partial charge in [-0.15, -0.1) is 0 Å². The Bertz CT molecular complexity index is 1570. The minimum Gasteiger partial charge on any atom is -0.424 e. The number of rotatable bonds is 6. The highest BCUT2D eigenvalue weighted by atomic mass is 16.5. The van der Waals surface area contributed by atoms with Crippen LogP contribution in [0.15, 0.2) is 59.4 Å². The van der Waals surface area contributed by atoms with Gasteiger partial charge in [-0.05, 0) is 31.2 Å². The van der Waals surface area contributed by atoms with Crippen LogP contribution in [0.25, 0.3) is 22.2 Å². The summed E-state index contributed by atoms with van der Waals surface area (Å²) in [5.74, 6) is 1.34. The summed E-state index contributed by atoms with van der Waals surface area (Å²) < 4.78 is 5.94. The van der Waals surface area contributed by atoms with Crippen LogP contribution < -0.4 is 20.9 Å². The molecule has 0 atom stereocenters. The number of carbonyl (C=O) groups excluding carboxylic acids is 1. The van der Waals surface area contributed by atoms with Gasteiger partial charge in [0.05, 0.1) is 16.6 Å². The summed E-state index contributed by atoms with van der Waals surface area (Å²) in [4.78, 5) is 32.3. The second-order valence-electron chi connectivity index (χ2n) is 7.63. The molecule has 170 valence electrons. The molecule has 0 radical (unpaired) electrons. The third kappa shape index (κ3) is 4.48. The number of benzene rings is 2. The monoisotopic (exact) mass is 456 g/mol. The van der Waals surface area contributed by atoms with Crippen molar-refractivity contribution in [2.24, 2.45) is 0 Å². The standard InChI is InChI=1S/C23H20N8O3/c1-12-8-21(30-28-12)26-20-11-18(14-4-3-5-15(9-14)24-13(2)32)25-23(27-20)34-16-6-7-17-19(10-16)29-31-22(17)33/h3-11H,1-2H3,(H,24,32)(H2,29,31,33)(H2,25,26,27,28,30). The zero-order valence-corrected chi connectivity index (χ0v) is 18.3. The molecule has 0 saturated carbocycles. The molecule has 5 rings (SSSR count). The number of ether oxygens (including phenoxy) is 1. The number of nitrogens with zero attached hydrogens (tertiary/aromatic N) is 3. The number of H-pyrrole nitrogens is 3. The highest BCUT2D eigenvalue weighted by Gasteiger charge is 2.12. The third-order valence-electron chi connectivity index (χ3n) is 4.90. The Morgan fingerprint density at radius 3 is 2.68 bits per heavy atom. The Hall–Kier alpha value is -4.93. The topological polar surface area (TPSA) is 153 Å². The maximum absolute atomic E-state index is 11.8. The molecule has 0 bridgehead atoms. The number of hydrogen-bond donors (Lipinski definition) is 5. The zero-order chi connectivity index (χ0) is 23.7. The van der Waals surface area contributed by atoms with E-state index in [2.05, 4.69) is 41.0 Å². The Kier molecular flexibility index (Phi) is 5.26. The molecule has 0 aliphatic carbocycles. The van der Waals surface area contributed by atoms with Crippen molar-refractivity contribution in [2.75, 3.05) is 10.6 Å². The third-order valence-corrected chi connectivity index (χ3v) is 4.90. The van der Waals surface area contributed by atoms with Crippen LogP contribution in [0.3, 0.4) is 0 Å². The smallest absolute Gasteiger partial charge is 0.324 e. The molecule has 0 saturated heterocycles. The molecule has 3 heterocycles. The molecule has 0 aliphatic rings. The van der Waals surface area contributed by atoms with Gasteiger partial charge in [0.1, 0.15) is 11.6 Å². The average molecular weight is 456 g/mol. The van der Waals surface area contributed by atoms with Crippen molar-refractivity contribution < 1.29 is 9.53 Å². The molecular weight excluding hydrogens is 436 g/mol. The number of aryl methyl sites for hydroxylation is 1. The second kappa shape index (κ2) is 8.54. The number of anilines is 3. The first kappa shape index (κ1) is 20.9. The summed E-state index contributed by atoms with van der Waals surface area (Å²) in [6, 6.07) is 16.0. The van der Waals surface area contributed by atoms with Gasteiger partial charge >= 0.3 is 6.01 Å². The van der Waals surface area contributed by atoms with E-state index in [9.17, 15) is 9.59 Å². The van der Waals surface area contributed by atoms with Crippen LogP contribution in [-0.2, 0) is 4.79 Å². The molecule has 0 spiro atoms. The van der Waals surface area contributed by atoms with E-state index in [1.54, 1.807) is 30.3 Å². The lowest BCUT2D eigenvalue weighted by molar-refractivity contribution is -0.114. The second-order valence-corrected chi connectivity index (χ2v) is 7.63. The molecule has 1 amide bonds. The number of carbonyl (C=O) groups is 1. The van der Waals surface area contributed by atoms with Crippen LogP contribution in [0, 0.1) is 6.92 Å². The van der Waals surface area contributed by atoms with E-state index in [1.165, 1.54) is 6.92 Å². The summed E-state index contributed by atoms with van der Waals surface area (Å²) in [6.07, 6.45) is 0. The molecule has 5 N–H and O–H groups in total. The van der Waals surface area contributed by atoms with Gasteiger partial charge in [-0.3, -0.25) is 24.9 Å². The van der Waals surface area contributed by atoms with Gasteiger partial charge in [0.25, 0.3) is 5.56 Å². The van der Waals surface area contributed by atoms with Crippen LogP contribution in [-0.4, -0.2) is 36.3 Å². The predicted octanol–water partition coefficient (Wildman–Crippen LogP) is 3.84. The van der Waals surface area contributed by atoms with E-state index >= 15 is 0 Å². The first-order valence-corrected chi connectivity index (χ1v) is 10.4. The van der Waals surface area contributed by atoms with Gasteiger partial charge < -0.3 is 15.4 Å². The summed E-state index contributed by atoms with van der Waals surface area (Å²) in [5, 5.41) is 18.8. The normalized spacial score (nSPS) is 10.9. The van der Waals surface area contributed by atoms with Crippen LogP contribution in [0.4, 0.5) is 17.3 Å². The molecule has 34 heavy (non-hydrogen) atoms. The number of nitrogens with one attached hydrogen (secondary N) is 5. The van der Waals surface area contributed by atoms with E-state index in [-0.39, 0.29) is 17.5 Å². The quantitative estimate of drug-likeness (QED) is 0.260. The van der Waals surface area contributed by atoms with Gasteiger partial charge in [-0.25, -0.2) is 0 Å². The first-order valence-electron chi connectivity index (χ1n) is 10.4. The van der Waals surface area contributed by atoms with Gasteiger partial charge in [-0.2, -0.15) is 15.1 Å². The van der Waals surface area contributed by atoms with Gasteiger partial charge in [0, 0.05) is 42.1 Å². The average Bonchev–Trinajstić information content (AvgIpc) is 3.38. The number of amides is 1. The maximum atomic E-state index is 11.8. The van der Waals surface area contributed by atoms with Crippen LogP contribution in [0.2, 0.25) is 0 Å². The van der Waals surface area contributed by atoms with Gasteiger partial charge in [0.2, 0.25) is 5.91 Å². The Balaban J connectivity index is 1.53. The Labute approximate surface area is 192 Å². The fourth-order valence-corrected chi connectivity index (χ4v) is 3.44. The first-order chi connectivity index (χ1) is 16.4.